The molecule has 49 heavy (non-hydrogen) atoms. The minimum atomic E-state index is -0.585. The summed E-state index contributed by atoms with van der Waals surface area (Å²) in [6.45, 7) is 7.96. The lowest BCUT2D eigenvalue weighted by Gasteiger charge is -2.18. The summed E-state index contributed by atoms with van der Waals surface area (Å²) < 4.78 is 32.7. The lowest BCUT2D eigenvalue weighted by Crippen LogP contribution is -2.30. The van der Waals surface area contributed by atoms with E-state index in [2.05, 4.69) is 19.2 Å². The Morgan fingerprint density at radius 2 is 0.959 bits per heavy atom. The number of nitrogens with one attached hydrogen (secondary N) is 1. The molecule has 0 aliphatic heterocycles. The van der Waals surface area contributed by atoms with E-state index in [1.807, 2.05) is 0 Å². The molecule has 0 saturated carbocycles. The fourth-order valence-corrected chi connectivity index (χ4v) is 5.61. The molecule has 0 aliphatic carbocycles. The van der Waals surface area contributed by atoms with Crippen molar-refractivity contribution >= 4 is 12.1 Å². The van der Waals surface area contributed by atoms with Gasteiger partial charge in [-0.25, -0.2) is 4.79 Å². The highest BCUT2D eigenvalue weighted by molar-refractivity contribution is 5.71. The molecule has 0 unspecified atom stereocenters. The average Bonchev–Trinajstić information content (AvgIpc) is 3.10. The Hall–Kier alpha value is -1.42. The quantitative estimate of drug-likeness (QED) is 0.0498. The Morgan fingerprint density at radius 3 is 1.47 bits per heavy atom. The Morgan fingerprint density at radius 1 is 0.490 bits per heavy atom. The van der Waals surface area contributed by atoms with Crippen molar-refractivity contribution in [3.8, 4) is 0 Å². The largest absolute Gasteiger partial charge is 0.463 e. The van der Waals surface area contributed by atoms with Crippen LogP contribution in [0, 0.1) is 0 Å². The van der Waals surface area contributed by atoms with Crippen molar-refractivity contribution in [1.82, 2.24) is 5.32 Å². The lowest BCUT2D eigenvalue weighted by atomic mass is 10.1. The Balaban J connectivity index is 4.14. The van der Waals surface area contributed by atoms with E-state index in [-0.39, 0.29) is 38.3 Å². The summed E-state index contributed by atoms with van der Waals surface area (Å²) in [5.74, 6) is -0.386. The van der Waals surface area contributed by atoms with Crippen molar-refractivity contribution in [3.05, 3.63) is 0 Å². The molecular formula is C40H79NO8. The van der Waals surface area contributed by atoms with Crippen molar-refractivity contribution in [3.63, 3.8) is 0 Å². The van der Waals surface area contributed by atoms with Gasteiger partial charge in [-0.1, -0.05) is 155 Å². The molecule has 0 aliphatic rings. The van der Waals surface area contributed by atoms with E-state index in [4.69, 9.17) is 28.4 Å². The molecule has 0 radical (unpaired) electrons. The minimum absolute atomic E-state index is 0.0601. The Kier molecular flexibility index (Phi) is 39.8. The van der Waals surface area contributed by atoms with Crippen LogP contribution in [0.4, 0.5) is 4.79 Å². The van der Waals surface area contributed by atoms with Gasteiger partial charge in [-0.3, -0.25) is 4.79 Å². The highest BCUT2D eigenvalue weighted by atomic mass is 16.6. The third-order valence-electron chi connectivity index (χ3n) is 8.72. The molecule has 1 atom stereocenters. The van der Waals surface area contributed by atoms with Crippen LogP contribution >= 0.6 is 0 Å². The average molecular weight is 702 g/mol. The maximum absolute atomic E-state index is 12.3. The third kappa shape index (κ3) is 39.2. The molecule has 0 bridgehead atoms. The number of esters is 1. The van der Waals surface area contributed by atoms with Crippen LogP contribution in [0.15, 0.2) is 0 Å². The molecule has 292 valence electrons. The summed E-state index contributed by atoms with van der Waals surface area (Å²) in [7, 11) is 1.60. The summed E-state index contributed by atoms with van der Waals surface area (Å²) >= 11 is 0. The lowest BCUT2D eigenvalue weighted by molar-refractivity contribution is -0.149. The van der Waals surface area contributed by atoms with Crippen LogP contribution in [0.25, 0.3) is 0 Å². The molecule has 0 rings (SSSR count). The van der Waals surface area contributed by atoms with Gasteiger partial charge in [0.2, 0.25) is 0 Å². The van der Waals surface area contributed by atoms with Crippen molar-refractivity contribution in [2.45, 2.75) is 180 Å². The van der Waals surface area contributed by atoms with Gasteiger partial charge in [-0.2, -0.15) is 0 Å². The van der Waals surface area contributed by atoms with Gasteiger partial charge in [0.15, 0.2) is 0 Å². The van der Waals surface area contributed by atoms with Gasteiger partial charge >= 0.3 is 12.1 Å². The van der Waals surface area contributed by atoms with Gasteiger partial charge in [-0.05, 0) is 12.8 Å². The summed E-state index contributed by atoms with van der Waals surface area (Å²) in [5.41, 5.74) is 0. The van der Waals surface area contributed by atoms with Crippen LogP contribution in [-0.2, 0) is 33.2 Å². The van der Waals surface area contributed by atoms with Crippen LogP contribution < -0.4 is 5.32 Å². The molecule has 0 saturated heterocycles. The summed E-state index contributed by atoms with van der Waals surface area (Å²) in [6.07, 6.45) is 30.6. The number of ether oxygens (including phenoxy) is 6. The Labute approximate surface area is 302 Å². The molecular weight excluding hydrogens is 622 g/mol. The summed E-state index contributed by atoms with van der Waals surface area (Å²) in [6, 6.07) is 0. The zero-order chi connectivity index (χ0) is 35.7. The third-order valence-corrected chi connectivity index (χ3v) is 8.72. The highest BCUT2D eigenvalue weighted by Gasteiger charge is 2.14. The number of unbranched alkanes of at least 4 members (excludes halogenated alkanes) is 22. The molecule has 0 aromatic heterocycles. The minimum Gasteiger partial charge on any atom is -0.463 e. The predicted octanol–water partition coefficient (Wildman–Crippen LogP) is 10.1. The zero-order valence-corrected chi connectivity index (χ0v) is 32.4. The number of hydrogen-bond donors (Lipinski definition) is 1. The molecule has 0 fully saturated rings. The van der Waals surface area contributed by atoms with Crippen molar-refractivity contribution in [2.24, 2.45) is 0 Å². The van der Waals surface area contributed by atoms with Gasteiger partial charge in [-0.15, -0.1) is 0 Å². The number of rotatable bonds is 40. The first-order chi connectivity index (χ1) is 24.1. The number of methoxy groups -OCH3 is 1. The monoisotopic (exact) mass is 702 g/mol. The fourth-order valence-electron chi connectivity index (χ4n) is 5.61. The van der Waals surface area contributed by atoms with Gasteiger partial charge in [0.05, 0.1) is 32.8 Å². The zero-order valence-electron chi connectivity index (χ0n) is 32.4. The predicted molar refractivity (Wildman–Crippen MR) is 200 cm³/mol. The van der Waals surface area contributed by atoms with E-state index in [9.17, 15) is 9.59 Å². The van der Waals surface area contributed by atoms with Crippen LogP contribution in [0.1, 0.15) is 174 Å². The van der Waals surface area contributed by atoms with Gasteiger partial charge in [0.1, 0.15) is 19.3 Å². The SMILES string of the molecule is CCCCCCCCCCCCCCOC[C@@H](COC(=O)CCNC(=O)OCCOCCOC)OCCCCCCCCCCCCCC. The molecule has 0 aromatic carbocycles. The van der Waals surface area contributed by atoms with Crippen LogP contribution in [0.2, 0.25) is 0 Å². The fraction of sp³-hybridized carbons (Fsp3) is 0.950. The molecule has 1 amide bonds. The van der Waals surface area contributed by atoms with Crippen LogP contribution in [-0.4, -0.2) is 84.7 Å². The van der Waals surface area contributed by atoms with Crippen molar-refractivity contribution in [2.75, 3.05) is 66.5 Å². The molecule has 0 aromatic rings. The number of alkyl carbamates (subject to hydrolysis) is 1. The first-order valence-electron chi connectivity index (χ1n) is 20.5. The number of carbonyl (C=O) groups excluding carboxylic acids is 2. The van der Waals surface area contributed by atoms with Gasteiger partial charge < -0.3 is 33.7 Å². The van der Waals surface area contributed by atoms with Crippen LogP contribution in [0.3, 0.4) is 0 Å². The van der Waals surface area contributed by atoms with E-state index in [1.165, 1.54) is 135 Å². The molecule has 9 nitrogen and oxygen atoms in total. The number of carbonyl (C=O) groups is 2. The molecule has 0 heterocycles. The smallest absolute Gasteiger partial charge is 0.407 e. The first kappa shape index (κ1) is 47.6. The Bertz CT molecular complexity index is 681. The maximum atomic E-state index is 12.3. The molecule has 1 N–H and O–H groups in total. The second-order valence-electron chi connectivity index (χ2n) is 13.4. The number of amides is 1. The van der Waals surface area contributed by atoms with E-state index in [0.29, 0.717) is 39.6 Å². The maximum Gasteiger partial charge on any atom is 0.407 e. The van der Waals surface area contributed by atoms with E-state index < -0.39 is 6.09 Å². The summed E-state index contributed by atoms with van der Waals surface area (Å²) in [4.78, 5) is 24.1. The number of hydrogen-bond acceptors (Lipinski definition) is 8. The van der Waals surface area contributed by atoms with Gasteiger partial charge in [0, 0.05) is 26.9 Å². The highest BCUT2D eigenvalue weighted by Crippen LogP contribution is 2.13. The topological polar surface area (TPSA) is 102 Å². The standard InChI is InChI=1S/C40H79NO8/c1-4-6-8-10-12-14-16-18-20-22-24-26-30-46-36-38(47-31-27-25-23-21-19-17-15-13-11-9-7-5-2)37-49-39(42)28-29-41-40(43)48-35-34-45-33-32-44-3/h38H,4-37H2,1-3H3,(H,41,43)/t38-/m0/s1. The van der Waals surface area contributed by atoms with Crippen LogP contribution in [0.5, 0.6) is 0 Å². The van der Waals surface area contributed by atoms with Crippen molar-refractivity contribution in [1.29, 1.82) is 0 Å². The molecule has 9 heteroatoms. The van der Waals surface area contributed by atoms with Gasteiger partial charge in [0.25, 0.3) is 0 Å². The summed E-state index contributed by atoms with van der Waals surface area (Å²) in [5, 5.41) is 2.57. The van der Waals surface area contributed by atoms with E-state index >= 15 is 0 Å². The van der Waals surface area contributed by atoms with E-state index in [0.717, 1.165) is 19.3 Å². The first-order valence-corrected chi connectivity index (χ1v) is 20.5. The van der Waals surface area contributed by atoms with Crippen molar-refractivity contribution < 1.29 is 38.0 Å². The second-order valence-corrected chi connectivity index (χ2v) is 13.4. The normalized spacial score (nSPS) is 11.9. The van der Waals surface area contributed by atoms with E-state index in [1.54, 1.807) is 7.11 Å². The molecule has 0 spiro atoms. The second kappa shape index (κ2) is 41.0.